The van der Waals surface area contributed by atoms with Crippen LogP contribution < -0.4 is 0 Å². The minimum atomic E-state index is -0.549. The van der Waals surface area contributed by atoms with Crippen LogP contribution in [-0.4, -0.2) is 35.1 Å². The van der Waals surface area contributed by atoms with Crippen molar-refractivity contribution in [1.29, 1.82) is 0 Å². The molecule has 0 saturated carbocycles. The average Bonchev–Trinajstić information content (AvgIpc) is 2.32. The van der Waals surface area contributed by atoms with Crippen LogP contribution in [0.3, 0.4) is 0 Å². The molecule has 100 valence electrons. The maximum atomic E-state index is 13.6. The molecule has 0 saturated heterocycles. The summed E-state index contributed by atoms with van der Waals surface area (Å²) in [7, 11) is 0. The van der Waals surface area contributed by atoms with Gasteiger partial charge in [0.2, 0.25) is 0 Å². The molecule has 1 rings (SSSR count). The highest BCUT2D eigenvalue weighted by atomic mass is 32.1. The number of aliphatic hydroxyl groups is 1. The van der Waals surface area contributed by atoms with Crippen molar-refractivity contribution in [3.8, 4) is 0 Å². The molecule has 0 aliphatic carbocycles. The Morgan fingerprint density at radius 3 is 2.72 bits per heavy atom. The van der Waals surface area contributed by atoms with E-state index in [4.69, 9.17) is 5.11 Å². The molecule has 0 aliphatic heterocycles. The molecule has 0 radical (unpaired) electrons. The van der Waals surface area contributed by atoms with Gasteiger partial charge in [-0.25, -0.2) is 4.39 Å². The largest absolute Gasteiger partial charge is 0.396 e. The van der Waals surface area contributed by atoms with E-state index < -0.39 is 5.82 Å². The van der Waals surface area contributed by atoms with Crippen LogP contribution in [0.4, 0.5) is 4.39 Å². The Kier molecular flexibility index (Phi) is 5.62. The van der Waals surface area contributed by atoms with Gasteiger partial charge in [0.1, 0.15) is 5.82 Å². The smallest absolute Gasteiger partial charge is 0.257 e. The van der Waals surface area contributed by atoms with E-state index in [0.717, 1.165) is 0 Å². The lowest BCUT2D eigenvalue weighted by Gasteiger charge is -2.26. The van der Waals surface area contributed by atoms with Crippen LogP contribution in [0.25, 0.3) is 0 Å². The van der Waals surface area contributed by atoms with Gasteiger partial charge in [-0.05, 0) is 38.5 Å². The third kappa shape index (κ3) is 3.71. The van der Waals surface area contributed by atoms with Crippen LogP contribution in [0.15, 0.2) is 23.1 Å². The molecule has 0 aromatic heterocycles. The van der Waals surface area contributed by atoms with E-state index in [0.29, 0.717) is 17.9 Å². The lowest BCUT2D eigenvalue weighted by Crippen LogP contribution is -2.38. The van der Waals surface area contributed by atoms with Crippen molar-refractivity contribution >= 4 is 18.5 Å². The van der Waals surface area contributed by atoms with Crippen molar-refractivity contribution in [3.63, 3.8) is 0 Å². The quantitative estimate of drug-likeness (QED) is 0.807. The first-order chi connectivity index (χ1) is 8.47. The molecule has 0 atom stereocenters. The van der Waals surface area contributed by atoms with Gasteiger partial charge in [-0.3, -0.25) is 4.79 Å². The zero-order valence-corrected chi connectivity index (χ0v) is 11.5. The van der Waals surface area contributed by atoms with Crippen LogP contribution in [0.5, 0.6) is 0 Å². The van der Waals surface area contributed by atoms with E-state index in [1.807, 2.05) is 13.8 Å². The fourth-order valence-electron chi connectivity index (χ4n) is 1.67. The molecule has 0 spiro atoms. The van der Waals surface area contributed by atoms with Crippen LogP contribution >= 0.6 is 12.6 Å². The summed E-state index contributed by atoms with van der Waals surface area (Å²) in [5.41, 5.74) is 0.0224. The number of carbonyl (C=O) groups excluding carboxylic acids is 1. The first-order valence-electron chi connectivity index (χ1n) is 5.87. The maximum Gasteiger partial charge on any atom is 0.257 e. The molecule has 0 unspecified atom stereocenters. The monoisotopic (exact) mass is 271 g/mol. The van der Waals surface area contributed by atoms with Crippen molar-refractivity contribution < 1.29 is 14.3 Å². The molecule has 5 heteroatoms. The predicted octanol–water partition coefficient (Wildman–Crippen LogP) is 2.35. The minimum Gasteiger partial charge on any atom is -0.396 e. The van der Waals surface area contributed by atoms with Gasteiger partial charge in [0, 0.05) is 24.1 Å². The van der Waals surface area contributed by atoms with Gasteiger partial charge in [0.25, 0.3) is 5.91 Å². The van der Waals surface area contributed by atoms with Gasteiger partial charge in [0.05, 0.1) is 5.56 Å². The molecule has 1 aromatic rings. The van der Waals surface area contributed by atoms with Crippen molar-refractivity contribution in [2.45, 2.75) is 31.2 Å². The summed E-state index contributed by atoms with van der Waals surface area (Å²) in [6.07, 6.45) is 0.478. The molecule has 1 N–H and O–H groups in total. The van der Waals surface area contributed by atoms with E-state index in [1.165, 1.54) is 18.2 Å². The molecule has 0 aliphatic rings. The van der Waals surface area contributed by atoms with E-state index in [-0.39, 0.29) is 24.1 Å². The number of hydrogen-bond acceptors (Lipinski definition) is 3. The van der Waals surface area contributed by atoms with Gasteiger partial charge < -0.3 is 10.0 Å². The van der Waals surface area contributed by atoms with Crippen LogP contribution in [0, 0.1) is 5.82 Å². The Labute approximate surface area is 112 Å². The van der Waals surface area contributed by atoms with Gasteiger partial charge in [-0.1, -0.05) is 0 Å². The summed E-state index contributed by atoms with van der Waals surface area (Å²) in [5, 5.41) is 8.82. The van der Waals surface area contributed by atoms with Crippen molar-refractivity contribution in [1.82, 2.24) is 4.90 Å². The number of amides is 1. The molecule has 0 fully saturated rings. The lowest BCUT2D eigenvalue weighted by molar-refractivity contribution is 0.0688. The van der Waals surface area contributed by atoms with Crippen LogP contribution in [0.1, 0.15) is 30.6 Å². The molecular formula is C13H18FNO2S. The second kappa shape index (κ2) is 6.75. The van der Waals surface area contributed by atoms with Crippen molar-refractivity contribution in [3.05, 3.63) is 29.6 Å². The van der Waals surface area contributed by atoms with E-state index in [2.05, 4.69) is 12.6 Å². The number of halogens is 1. The molecular weight excluding hydrogens is 253 g/mol. The Balaban J connectivity index is 2.98. The summed E-state index contributed by atoms with van der Waals surface area (Å²) in [6, 6.07) is 4.12. The number of nitrogens with zero attached hydrogens (tertiary/aromatic N) is 1. The number of hydrogen-bond donors (Lipinski definition) is 2. The normalized spacial score (nSPS) is 10.8. The third-order valence-electron chi connectivity index (χ3n) is 2.62. The molecule has 0 heterocycles. The fraction of sp³-hybridized carbons (Fsp3) is 0.462. The summed E-state index contributed by atoms with van der Waals surface area (Å²) in [6.45, 7) is 4.13. The van der Waals surface area contributed by atoms with Gasteiger partial charge in [-0.2, -0.15) is 0 Å². The minimum absolute atomic E-state index is 0.00555. The van der Waals surface area contributed by atoms with Crippen LogP contribution in [0.2, 0.25) is 0 Å². The SMILES string of the molecule is CC(C)N(CCCO)C(=O)c1cc(S)ccc1F. The average molecular weight is 271 g/mol. The summed E-state index contributed by atoms with van der Waals surface area (Å²) in [5.74, 6) is -0.917. The maximum absolute atomic E-state index is 13.6. The highest BCUT2D eigenvalue weighted by Gasteiger charge is 2.21. The molecule has 18 heavy (non-hydrogen) atoms. The number of thiol groups is 1. The number of aliphatic hydroxyl groups excluding tert-OH is 1. The zero-order chi connectivity index (χ0) is 13.7. The molecule has 1 amide bonds. The Bertz CT molecular complexity index is 423. The summed E-state index contributed by atoms with van der Waals surface area (Å²) >= 11 is 4.11. The van der Waals surface area contributed by atoms with E-state index in [9.17, 15) is 9.18 Å². The number of rotatable bonds is 5. The molecule has 3 nitrogen and oxygen atoms in total. The molecule has 1 aromatic carbocycles. The second-order valence-electron chi connectivity index (χ2n) is 4.33. The van der Waals surface area contributed by atoms with E-state index in [1.54, 1.807) is 4.90 Å². The van der Waals surface area contributed by atoms with Gasteiger partial charge >= 0.3 is 0 Å². The fourth-order valence-corrected chi connectivity index (χ4v) is 1.87. The first-order valence-corrected chi connectivity index (χ1v) is 6.32. The van der Waals surface area contributed by atoms with Crippen molar-refractivity contribution in [2.24, 2.45) is 0 Å². The second-order valence-corrected chi connectivity index (χ2v) is 4.85. The topological polar surface area (TPSA) is 40.5 Å². The van der Waals surface area contributed by atoms with Gasteiger partial charge in [-0.15, -0.1) is 12.6 Å². The number of carbonyl (C=O) groups is 1. The number of benzene rings is 1. The lowest BCUT2D eigenvalue weighted by atomic mass is 10.1. The zero-order valence-electron chi connectivity index (χ0n) is 10.6. The van der Waals surface area contributed by atoms with E-state index >= 15 is 0 Å². The Morgan fingerprint density at radius 1 is 1.50 bits per heavy atom. The summed E-state index contributed by atoms with van der Waals surface area (Å²) < 4.78 is 13.6. The standard InChI is InChI=1S/C13H18FNO2S/c1-9(2)15(6-3-7-16)13(17)11-8-10(18)4-5-12(11)14/h4-5,8-9,16,18H,3,6-7H2,1-2H3. The van der Waals surface area contributed by atoms with Gasteiger partial charge in [0.15, 0.2) is 0 Å². The van der Waals surface area contributed by atoms with Crippen molar-refractivity contribution in [2.75, 3.05) is 13.2 Å². The molecule has 0 bridgehead atoms. The Morgan fingerprint density at radius 2 is 2.17 bits per heavy atom. The third-order valence-corrected chi connectivity index (χ3v) is 2.90. The summed E-state index contributed by atoms with van der Waals surface area (Å²) in [4.78, 5) is 14.3. The van der Waals surface area contributed by atoms with Crippen LogP contribution in [-0.2, 0) is 0 Å². The highest BCUT2D eigenvalue weighted by molar-refractivity contribution is 7.80. The highest BCUT2D eigenvalue weighted by Crippen LogP contribution is 2.17. The predicted molar refractivity (Wildman–Crippen MR) is 71.5 cm³/mol. The first kappa shape index (κ1) is 15.0. The Hall–Kier alpha value is -1.07.